The van der Waals surface area contributed by atoms with Gasteiger partial charge in [-0.1, -0.05) is 12.1 Å². The number of ether oxygens (including phenoxy) is 3. The summed E-state index contributed by atoms with van der Waals surface area (Å²) < 4.78 is 52.4. The minimum Gasteiger partial charge on any atom is -0.484 e. The number of rotatable bonds is 10. The molecule has 0 bridgehead atoms. The molecule has 1 saturated heterocycles. The number of halogens is 4. The Bertz CT molecular complexity index is 637. The van der Waals surface area contributed by atoms with Gasteiger partial charge in [0.1, 0.15) is 5.75 Å². The van der Waals surface area contributed by atoms with Crippen molar-refractivity contribution in [1.29, 1.82) is 0 Å². The minimum absolute atomic E-state index is 0. The third-order valence-corrected chi connectivity index (χ3v) is 4.66. The highest BCUT2D eigenvalue weighted by molar-refractivity contribution is 14.0. The van der Waals surface area contributed by atoms with Crippen LogP contribution in [0.15, 0.2) is 29.3 Å². The number of likely N-dealkylation sites (tertiary alicyclic amines) is 1. The predicted molar refractivity (Wildman–Crippen MR) is 125 cm³/mol. The van der Waals surface area contributed by atoms with Crippen molar-refractivity contribution < 1.29 is 27.4 Å². The Kier molecular flexibility index (Phi) is 13.2. The molecule has 1 fully saturated rings. The standard InChI is InChI=1S/C21H32F3N3O3.HI/c1-3-25-20(27-11-9-19(10-12-27)29-14-4-13-28-2)26-15-17-5-7-18(8-6-17)30-16-21(22,23)24;/h5-8,19H,3-4,9-16H2,1-2H3,(H,25,26);1H. The van der Waals surface area contributed by atoms with Gasteiger partial charge < -0.3 is 24.4 Å². The highest BCUT2D eigenvalue weighted by atomic mass is 127. The minimum atomic E-state index is -4.34. The van der Waals surface area contributed by atoms with Crippen molar-refractivity contribution in [1.82, 2.24) is 10.2 Å². The van der Waals surface area contributed by atoms with Gasteiger partial charge in [0.15, 0.2) is 12.6 Å². The molecule has 1 aliphatic heterocycles. The largest absolute Gasteiger partial charge is 0.484 e. The van der Waals surface area contributed by atoms with Crippen LogP contribution in [0.1, 0.15) is 31.7 Å². The molecule has 1 aromatic rings. The zero-order valence-electron chi connectivity index (χ0n) is 18.1. The Labute approximate surface area is 199 Å². The Morgan fingerprint density at radius 2 is 1.84 bits per heavy atom. The number of aliphatic imine (C=N–C) groups is 1. The van der Waals surface area contributed by atoms with E-state index in [-0.39, 0.29) is 35.8 Å². The van der Waals surface area contributed by atoms with Crippen LogP contribution in [0, 0.1) is 0 Å². The van der Waals surface area contributed by atoms with Crippen molar-refractivity contribution in [3.8, 4) is 5.75 Å². The molecule has 1 heterocycles. The van der Waals surface area contributed by atoms with E-state index in [4.69, 9.17) is 14.2 Å². The van der Waals surface area contributed by atoms with Crippen molar-refractivity contribution in [2.45, 2.75) is 45.0 Å². The second-order valence-electron chi connectivity index (χ2n) is 7.12. The fraction of sp³-hybridized carbons (Fsp3) is 0.667. The van der Waals surface area contributed by atoms with E-state index in [2.05, 4.69) is 15.2 Å². The highest BCUT2D eigenvalue weighted by Crippen LogP contribution is 2.19. The van der Waals surface area contributed by atoms with Crippen molar-refractivity contribution >= 4 is 29.9 Å². The van der Waals surface area contributed by atoms with Crippen molar-refractivity contribution in [2.75, 3.05) is 46.6 Å². The van der Waals surface area contributed by atoms with Crippen LogP contribution in [-0.2, 0) is 16.0 Å². The van der Waals surface area contributed by atoms with E-state index >= 15 is 0 Å². The van der Waals surface area contributed by atoms with Gasteiger partial charge in [-0.05, 0) is 43.9 Å². The molecule has 178 valence electrons. The molecule has 0 unspecified atom stereocenters. The van der Waals surface area contributed by atoms with Gasteiger partial charge in [-0.25, -0.2) is 4.99 Å². The molecule has 31 heavy (non-hydrogen) atoms. The number of hydrogen-bond donors (Lipinski definition) is 1. The third kappa shape index (κ3) is 11.2. The molecule has 0 radical (unpaired) electrons. The molecule has 2 rings (SSSR count). The van der Waals surface area contributed by atoms with E-state index in [0.29, 0.717) is 13.2 Å². The lowest BCUT2D eigenvalue weighted by atomic mass is 10.1. The maximum absolute atomic E-state index is 12.2. The first kappa shape index (κ1) is 27.8. The normalized spacial score (nSPS) is 15.5. The zero-order chi connectivity index (χ0) is 21.8. The highest BCUT2D eigenvalue weighted by Gasteiger charge is 2.28. The second kappa shape index (κ2) is 14.7. The number of methoxy groups -OCH3 is 1. The Morgan fingerprint density at radius 3 is 2.42 bits per heavy atom. The maximum atomic E-state index is 12.2. The van der Waals surface area contributed by atoms with Crippen LogP contribution in [0.4, 0.5) is 13.2 Å². The van der Waals surface area contributed by atoms with E-state index in [1.807, 2.05) is 6.92 Å². The van der Waals surface area contributed by atoms with Crippen molar-refractivity contribution in [3.63, 3.8) is 0 Å². The summed E-state index contributed by atoms with van der Waals surface area (Å²) in [7, 11) is 1.69. The molecule has 0 aliphatic carbocycles. The summed E-state index contributed by atoms with van der Waals surface area (Å²) in [5, 5.41) is 3.31. The van der Waals surface area contributed by atoms with E-state index in [1.165, 1.54) is 12.1 Å². The molecule has 0 atom stereocenters. The van der Waals surface area contributed by atoms with Crippen LogP contribution in [0.3, 0.4) is 0 Å². The van der Waals surface area contributed by atoms with Crippen LogP contribution < -0.4 is 10.1 Å². The average Bonchev–Trinajstić information content (AvgIpc) is 2.73. The first-order chi connectivity index (χ1) is 14.4. The Morgan fingerprint density at radius 1 is 1.16 bits per heavy atom. The van der Waals surface area contributed by atoms with Crippen LogP contribution in [-0.4, -0.2) is 69.7 Å². The second-order valence-corrected chi connectivity index (χ2v) is 7.12. The van der Waals surface area contributed by atoms with Gasteiger partial charge in [0, 0.05) is 40.0 Å². The van der Waals surface area contributed by atoms with Gasteiger partial charge >= 0.3 is 6.18 Å². The van der Waals surface area contributed by atoms with Crippen LogP contribution in [0.2, 0.25) is 0 Å². The van der Waals surface area contributed by atoms with Gasteiger partial charge in [-0.2, -0.15) is 13.2 Å². The lowest BCUT2D eigenvalue weighted by Gasteiger charge is -2.34. The smallest absolute Gasteiger partial charge is 0.422 e. The summed E-state index contributed by atoms with van der Waals surface area (Å²) in [6.45, 7) is 5.09. The van der Waals surface area contributed by atoms with E-state index in [1.54, 1.807) is 19.2 Å². The Hall–Kier alpha value is -1.27. The molecule has 1 aliphatic rings. The molecule has 10 heteroatoms. The van der Waals surface area contributed by atoms with Crippen LogP contribution in [0.25, 0.3) is 0 Å². The number of hydrogen-bond acceptors (Lipinski definition) is 4. The molecule has 0 amide bonds. The maximum Gasteiger partial charge on any atom is 0.422 e. The predicted octanol–water partition coefficient (Wildman–Crippen LogP) is 4.23. The summed E-state index contributed by atoms with van der Waals surface area (Å²) in [5.41, 5.74) is 0.904. The Balaban J connectivity index is 0.00000480. The molecule has 1 N–H and O–H groups in total. The molecule has 6 nitrogen and oxygen atoms in total. The first-order valence-electron chi connectivity index (χ1n) is 10.3. The van der Waals surface area contributed by atoms with E-state index in [9.17, 15) is 13.2 Å². The van der Waals surface area contributed by atoms with E-state index < -0.39 is 12.8 Å². The van der Waals surface area contributed by atoms with Gasteiger partial charge in [0.25, 0.3) is 0 Å². The number of piperidine rings is 1. The van der Waals surface area contributed by atoms with Gasteiger partial charge in [0.2, 0.25) is 0 Å². The quantitative estimate of drug-likeness (QED) is 0.201. The molecule has 0 spiro atoms. The third-order valence-electron chi connectivity index (χ3n) is 4.66. The molecular weight excluding hydrogens is 526 g/mol. The lowest BCUT2D eigenvalue weighted by molar-refractivity contribution is -0.153. The summed E-state index contributed by atoms with van der Waals surface area (Å²) in [6, 6.07) is 6.55. The monoisotopic (exact) mass is 559 g/mol. The summed E-state index contributed by atoms with van der Waals surface area (Å²) in [5.74, 6) is 1.03. The number of nitrogens with zero attached hydrogens (tertiary/aromatic N) is 2. The topological polar surface area (TPSA) is 55.3 Å². The van der Waals surface area contributed by atoms with Crippen molar-refractivity contribution in [3.05, 3.63) is 29.8 Å². The summed E-state index contributed by atoms with van der Waals surface area (Å²) in [4.78, 5) is 6.91. The molecule has 1 aromatic carbocycles. The van der Waals surface area contributed by atoms with Crippen LogP contribution >= 0.6 is 24.0 Å². The van der Waals surface area contributed by atoms with Crippen molar-refractivity contribution in [2.24, 2.45) is 4.99 Å². The van der Waals surface area contributed by atoms with Gasteiger partial charge in [-0.15, -0.1) is 24.0 Å². The van der Waals surface area contributed by atoms with Crippen LogP contribution in [0.5, 0.6) is 5.75 Å². The number of alkyl halides is 3. The first-order valence-corrected chi connectivity index (χ1v) is 10.3. The molecular formula is C21H33F3IN3O3. The summed E-state index contributed by atoms with van der Waals surface area (Å²) in [6.07, 6.45) is -1.27. The lowest BCUT2D eigenvalue weighted by Crippen LogP contribution is -2.47. The van der Waals surface area contributed by atoms with Gasteiger partial charge in [0.05, 0.1) is 12.6 Å². The molecule has 0 aromatic heterocycles. The number of nitrogens with one attached hydrogen (secondary N) is 1. The fourth-order valence-electron chi connectivity index (χ4n) is 3.14. The fourth-order valence-corrected chi connectivity index (χ4v) is 3.14. The average molecular weight is 559 g/mol. The number of guanidine groups is 1. The van der Waals surface area contributed by atoms with Gasteiger partial charge in [-0.3, -0.25) is 0 Å². The van der Waals surface area contributed by atoms with E-state index in [0.717, 1.165) is 57.0 Å². The molecule has 0 saturated carbocycles. The number of benzene rings is 1. The SMILES string of the molecule is CCNC(=NCc1ccc(OCC(F)(F)F)cc1)N1CCC(OCCCOC)CC1.I. The summed E-state index contributed by atoms with van der Waals surface area (Å²) >= 11 is 0. The zero-order valence-corrected chi connectivity index (χ0v) is 20.4.